The smallest absolute Gasteiger partial charge is 0.262 e. The summed E-state index contributed by atoms with van der Waals surface area (Å²) < 4.78 is 13.1. The Labute approximate surface area is 227 Å². The predicted octanol–water partition coefficient (Wildman–Crippen LogP) is 4.72. The summed E-state index contributed by atoms with van der Waals surface area (Å²) in [6, 6.07) is 26.7. The van der Waals surface area contributed by atoms with Gasteiger partial charge in [-0.1, -0.05) is 24.3 Å². The highest BCUT2D eigenvalue weighted by Crippen LogP contribution is 2.41. The van der Waals surface area contributed by atoms with Crippen LogP contribution in [-0.4, -0.2) is 40.9 Å². The van der Waals surface area contributed by atoms with E-state index in [2.05, 4.69) is 37.3 Å². The van der Waals surface area contributed by atoms with Gasteiger partial charge in [-0.2, -0.15) is 0 Å². The van der Waals surface area contributed by atoms with Crippen molar-refractivity contribution in [1.29, 1.82) is 0 Å². The highest BCUT2D eigenvalue weighted by atomic mass is 32.1. The summed E-state index contributed by atoms with van der Waals surface area (Å²) in [4.78, 5) is 19.1. The predicted molar refractivity (Wildman–Crippen MR) is 151 cm³/mol. The van der Waals surface area contributed by atoms with Crippen molar-refractivity contribution in [1.82, 2.24) is 14.9 Å². The second kappa shape index (κ2) is 11.9. The molecule has 2 atom stereocenters. The van der Waals surface area contributed by atoms with Crippen molar-refractivity contribution < 1.29 is 14.3 Å². The second-order valence-corrected chi connectivity index (χ2v) is 9.20. The van der Waals surface area contributed by atoms with Crippen molar-refractivity contribution in [3.63, 3.8) is 0 Å². The summed E-state index contributed by atoms with van der Waals surface area (Å²) >= 11 is 5.83. The van der Waals surface area contributed by atoms with E-state index in [0.717, 1.165) is 23.6 Å². The van der Waals surface area contributed by atoms with Crippen LogP contribution in [0.3, 0.4) is 0 Å². The number of hydrogen-bond donors (Lipinski definition) is 2. The molecule has 4 aromatic rings. The largest absolute Gasteiger partial charge is 0.484 e. The molecule has 1 aliphatic rings. The number of thiocarbonyl (C=S) groups is 1. The molecule has 1 amide bonds. The molecule has 5 rings (SSSR count). The SMILES string of the molecule is COCCn1cccc1[C@H]1[C@@H](c2ccccn2)NC(=S)N1c1ccc(NC(=O)COc2ccccc2)cc1. The van der Waals surface area contributed by atoms with E-state index in [1.807, 2.05) is 78.9 Å². The van der Waals surface area contributed by atoms with Crippen LogP contribution in [0.2, 0.25) is 0 Å². The fourth-order valence-electron chi connectivity index (χ4n) is 4.59. The molecule has 0 saturated carbocycles. The third-order valence-electron chi connectivity index (χ3n) is 6.34. The number of carbonyl (C=O) groups is 1. The maximum absolute atomic E-state index is 12.4. The average Bonchev–Trinajstić information content (AvgIpc) is 3.56. The van der Waals surface area contributed by atoms with Crippen molar-refractivity contribution >= 4 is 34.6 Å². The van der Waals surface area contributed by atoms with Gasteiger partial charge in [-0.05, 0) is 72.9 Å². The second-order valence-electron chi connectivity index (χ2n) is 8.81. The van der Waals surface area contributed by atoms with Gasteiger partial charge in [-0.15, -0.1) is 0 Å². The van der Waals surface area contributed by atoms with E-state index in [4.69, 9.17) is 21.7 Å². The zero-order valence-corrected chi connectivity index (χ0v) is 21.8. The van der Waals surface area contributed by atoms with E-state index in [1.165, 1.54) is 0 Å². The van der Waals surface area contributed by atoms with E-state index in [0.29, 0.717) is 23.2 Å². The molecule has 194 valence electrons. The molecule has 0 aliphatic carbocycles. The van der Waals surface area contributed by atoms with Gasteiger partial charge in [0, 0.05) is 43.1 Å². The van der Waals surface area contributed by atoms with Crippen molar-refractivity contribution in [2.45, 2.75) is 18.6 Å². The molecule has 8 nitrogen and oxygen atoms in total. The van der Waals surface area contributed by atoms with Crippen LogP contribution in [0.5, 0.6) is 5.75 Å². The van der Waals surface area contributed by atoms with Gasteiger partial charge < -0.3 is 29.6 Å². The summed E-state index contributed by atoms with van der Waals surface area (Å²) in [5.41, 5.74) is 3.59. The van der Waals surface area contributed by atoms with E-state index in [9.17, 15) is 4.79 Å². The minimum atomic E-state index is -0.232. The van der Waals surface area contributed by atoms with Crippen molar-refractivity contribution in [3.8, 4) is 5.75 Å². The number of nitrogens with zero attached hydrogens (tertiary/aromatic N) is 3. The van der Waals surface area contributed by atoms with E-state index >= 15 is 0 Å². The molecule has 2 aromatic carbocycles. The molecule has 0 radical (unpaired) electrons. The maximum Gasteiger partial charge on any atom is 0.262 e. The molecule has 1 aliphatic heterocycles. The van der Waals surface area contributed by atoms with Gasteiger partial charge in [0.05, 0.1) is 18.3 Å². The number of ether oxygens (including phenoxy) is 2. The number of aromatic nitrogens is 2. The van der Waals surface area contributed by atoms with Crippen LogP contribution >= 0.6 is 12.2 Å². The molecule has 2 aromatic heterocycles. The number of hydrogen-bond acceptors (Lipinski definition) is 5. The van der Waals surface area contributed by atoms with Crippen LogP contribution in [0.1, 0.15) is 23.5 Å². The minimum absolute atomic E-state index is 0.0712. The summed E-state index contributed by atoms with van der Waals surface area (Å²) in [5.74, 6) is 0.417. The van der Waals surface area contributed by atoms with Crippen LogP contribution in [0.15, 0.2) is 97.3 Å². The topological polar surface area (TPSA) is 80.7 Å². The molecule has 3 heterocycles. The van der Waals surface area contributed by atoms with Crippen LogP contribution in [0, 0.1) is 0 Å². The Morgan fingerprint density at radius 2 is 1.82 bits per heavy atom. The van der Waals surface area contributed by atoms with E-state index < -0.39 is 0 Å². The van der Waals surface area contributed by atoms with Gasteiger partial charge in [0.2, 0.25) is 0 Å². The van der Waals surface area contributed by atoms with Gasteiger partial charge >= 0.3 is 0 Å². The van der Waals surface area contributed by atoms with E-state index in [1.54, 1.807) is 13.3 Å². The minimum Gasteiger partial charge on any atom is -0.484 e. The highest BCUT2D eigenvalue weighted by molar-refractivity contribution is 7.80. The van der Waals surface area contributed by atoms with Crippen LogP contribution in [-0.2, 0) is 16.1 Å². The fourth-order valence-corrected chi connectivity index (χ4v) is 4.94. The number of para-hydroxylation sites is 1. The summed E-state index contributed by atoms with van der Waals surface area (Å²) in [5, 5.41) is 6.98. The van der Waals surface area contributed by atoms with Gasteiger partial charge in [-0.25, -0.2) is 0 Å². The van der Waals surface area contributed by atoms with Crippen molar-refractivity contribution in [3.05, 3.63) is 109 Å². The summed E-state index contributed by atoms with van der Waals surface area (Å²) in [6.07, 6.45) is 3.85. The van der Waals surface area contributed by atoms with Gasteiger partial charge in [-0.3, -0.25) is 9.78 Å². The number of anilines is 2. The van der Waals surface area contributed by atoms with Crippen LogP contribution in [0.25, 0.3) is 0 Å². The number of carbonyl (C=O) groups excluding carboxylic acids is 1. The number of benzene rings is 2. The molecule has 0 unspecified atom stereocenters. The Morgan fingerprint density at radius 3 is 2.55 bits per heavy atom. The number of pyridine rings is 1. The Hall–Kier alpha value is -4.21. The third kappa shape index (κ3) is 5.69. The lowest BCUT2D eigenvalue weighted by atomic mass is 10.0. The zero-order valence-electron chi connectivity index (χ0n) is 21.0. The molecule has 1 fully saturated rings. The van der Waals surface area contributed by atoms with Crippen LogP contribution in [0.4, 0.5) is 11.4 Å². The molecular formula is C29H29N5O3S. The molecule has 0 bridgehead atoms. The number of nitrogens with one attached hydrogen (secondary N) is 2. The third-order valence-corrected chi connectivity index (χ3v) is 6.66. The lowest BCUT2D eigenvalue weighted by Crippen LogP contribution is -2.30. The van der Waals surface area contributed by atoms with Crippen LogP contribution < -0.4 is 20.3 Å². The first-order chi connectivity index (χ1) is 18.6. The maximum atomic E-state index is 12.4. The first kappa shape index (κ1) is 25.4. The monoisotopic (exact) mass is 527 g/mol. The van der Waals surface area contributed by atoms with Gasteiger partial charge in [0.25, 0.3) is 5.91 Å². The first-order valence-corrected chi connectivity index (χ1v) is 12.8. The number of rotatable bonds is 10. The number of amides is 1. The lowest BCUT2D eigenvalue weighted by molar-refractivity contribution is -0.118. The Bertz CT molecular complexity index is 1360. The lowest BCUT2D eigenvalue weighted by Gasteiger charge is -2.29. The molecule has 2 N–H and O–H groups in total. The average molecular weight is 528 g/mol. The first-order valence-electron chi connectivity index (χ1n) is 12.4. The highest BCUT2D eigenvalue weighted by Gasteiger charge is 2.42. The Balaban J connectivity index is 1.37. The fraction of sp³-hybridized carbons (Fsp3) is 0.207. The van der Waals surface area contributed by atoms with Gasteiger partial charge in [0.1, 0.15) is 11.8 Å². The molecule has 9 heteroatoms. The Morgan fingerprint density at radius 1 is 1.03 bits per heavy atom. The molecule has 0 spiro atoms. The summed E-state index contributed by atoms with van der Waals surface area (Å²) in [6.45, 7) is 1.25. The Kier molecular flexibility index (Phi) is 7.96. The van der Waals surface area contributed by atoms with Crippen molar-refractivity contribution in [2.24, 2.45) is 0 Å². The zero-order chi connectivity index (χ0) is 26.3. The quantitative estimate of drug-likeness (QED) is 0.289. The van der Waals surface area contributed by atoms with E-state index in [-0.39, 0.29) is 24.6 Å². The normalized spacial score (nSPS) is 16.8. The number of methoxy groups -OCH3 is 1. The standard InChI is InChI=1S/C29H29N5O3S/c1-36-19-18-33-17-7-11-25(33)28-27(24-10-5-6-16-30-24)32-29(38)34(28)22-14-12-21(13-15-22)31-26(35)20-37-23-8-3-2-4-9-23/h2-17,27-28H,18-20H2,1H3,(H,31,35)(H,32,38)/t27-,28+/m1/s1. The molecule has 38 heavy (non-hydrogen) atoms. The molecular weight excluding hydrogens is 498 g/mol. The molecule has 1 saturated heterocycles. The van der Waals surface area contributed by atoms with Crippen molar-refractivity contribution in [2.75, 3.05) is 30.5 Å². The summed E-state index contributed by atoms with van der Waals surface area (Å²) in [7, 11) is 1.70. The van der Waals surface area contributed by atoms with Gasteiger partial charge in [0.15, 0.2) is 11.7 Å².